The molecular formula is C13H17F3O. The van der Waals surface area contributed by atoms with Gasteiger partial charge in [0.2, 0.25) is 0 Å². The van der Waals surface area contributed by atoms with Gasteiger partial charge in [0.25, 0.3) is 0 Å². The van der Waals surface area contributed by atoms with Crippen molar-refractivity contribution in [2.75, 3.05) is 6.61 Å². The molecular weight excluding hydrogens is 229 g/mol. The van der Waals surface area contributed by atoms with E-state index in [0.717, 1.165) is 17.7 Å². The highest BCUT2D eigenvalue weighted by Gasteiger charge is 2.32. The first-order valence-electron chi connectivity index (χ1n) is 5.68. The van der Waals surface area contributed by atoms with Gasteiger partial charge in [-0.15, -0.1) is 0 Å². The Kier molecular flexibility index (Phi) is 4.20. The minimum absolute atomic E-state index is 0.0502. The lowest BCUT2D eigenvalue weighted by Gasteiger charge is -2.30. The Labute approximate surface area is 99.3 Å². The molecule has 0 radical (unpaired) electrons. The van der Waals surface area contributed by atoms with E-state index in [9.17, 15) is 18.3 Å². The van der Waals surface area contributed by atoms with Crippen LogP contribution in [0.2, 0.25) is 0 Å². The van der Waals surface area contributed by atoms with Crippen LogP contribution in [0.5, 0.6) is 0 Å². The number of hydrogen-bond donors (Lipinski definition) is 1. The zero-order valence-corrected chi connectivity index (χ0v) is 10.0. The fourth-order valence-electron chi connectivity index (χ4n) is 1.99. The normalized spacial score (nSPS) is 12.8. The molecule has 0 aliphatic heterocycles. The van der Waals surface area contributed by atoms with Crippen molar-refractivity contribution < 1.29 is 18.3 Å². The van der Waals surface area contributed by atoms with Gasteiger partial charge in [0.15, 0.2) is 0 Å². The molecule has 1 aromatic carbocycles. The summed E-state index contributed by atoms with van der Waals surface area (Å²) >= 11 is 0. The molecule has 0 aliphatic carbocycles. The van der Waals surface area contributed by atoms with Gasteiger partial charge in [-0.3, -0.25) is 0 Å². The van der Waals surface area contributed by atoms with Gasteiger partial charge in [-0.25, -0.2) is 0 Å². The molecule has 1 aromatic rings. The van der Waals surface area contributed by atoms with Gasteiger partial charge in [0.05, 0.1) is 12.2 Å². The summed E-state index contributed by atoms with van der Waals surface area (Å²) in [6.45, 7) is 3.81. The number of alkyl halides is 3. The van der Waals surface area contributed by atoms with Gasteiger partial charge in [-0.05, 0) is 30.5 Å². The maximum Gasteiger partial charge on any atom is 0.416 e. The van der Waals surface area contributed by atoms with Gasteiger partial charge < -0.3 is 5.11 Å². The lowest BCUT2D eigenvalue weighted by Crippen LogP contribution is -2.29. The molecule has 1 nitrogen and oxygen atoms in total. The van der Waals surface area contributed by atoms with Crippen LogP contribution in [-0.2, 0) is 11.6 Å². The molecule has 0 saturated carbocycles. The van der Waals surface area contributed by atoms with E-state index in [2.05, 4.69) is 0 Å². The molecule has 0 spiro atoms. The summed E-state index contributed by atoms with van der Waals surface area (Å²) in [5.41, 5.74) is -0.317. The van der Waals surface area contributed by atoms with Crippen molar-refractivity contribution in [1.82, 2.24) is 0 Å². The van der Waals surface area contributed by atoms with Gasteiger partial charge >= 0.3 is 6.18 Å². The predicted molar refractivity (Wildman–Crippen MR) is 60.8 cm³/mol. The first kappa shape index (κ1) is 14.0. The van der Waals surface area contributed by atoms with E-state index in [1.54, 1.807) is 0 Å². The Morgan fingerprint density at radius 3 is 1.65 bits per heavy atom. The molecule has 0 heterocycles. The molecule has 96 valence electrons. The third-order valence-electron chi connectivity index (χ3n) is 3.48. The number of aliphatic hydroxyl groups is 1. The molecule has 0 aromatic heterocycles. The Morgan fingerprint density at radius 2 is 1.35 bits per heavy atom. The summed E-state index contributed by atoms with van der Waals surface area (Å²) in [5, 5.41) is 9.44. The molecule has 0 unspecified atom stereocenters. The molecule has 0 aliphatic rings. The Balaban J connectivity index is 3.09. The summed E-state index contributed by atoms with van der Waals surface area (Å²) in [4.78, 5) is 0. The third kappa shape index (κ3) is 2.80. The highest BCUT2D eigenvalue weighted by atomic mass is 19.4. The SMILES string of the molecule is CCC(CC)(CO)c1ccc(C(F)(F)F)cc1. The van der Waals surface area contributed by atoms with Crippen LogP contribution in [-0.4, -0.2) is 11.7 Å². The second-order valence-electron chi connectivity index (χ2n) is 4.22. The fourth-order valence-corrected chi connectivity index (χ4v) is 1.99. The summed E-state index contributed by atoms with van der Waals surface area (Å²) < 4.78 is 37.2. The molecule has 1 rings (SSSR count). The molecule has 0 saturated heterocycles. The van der Waals surface area contributed by atoms with Crippen molar-refractivity contribution in [3.8, 4) is 0 Å². The smallest absolute Gasteiger partial charge is 0.395 e. The van der Waals surface area contributed by atoms with Gasteiger partial charge in [-0.2, -0.15) is 13.2 Å². The van der Waals surface area contributed by atoms with E-state index in [-0.39, 0.29) is 6.61 Å². The fraction of sp³-hybridized carbons (Fsp3) is 0.538. The number of rotatable bonds is 4. The van der Waals surface area contributed by atoms with Crippen molar-refractivity contribution in [3.05, 3.63) is 35.4 Å². The van der Waals surface area contributed by atoms with Crippen molar-refractivity contribution in [3.63, 3.8) is 0 Å². The van der Waals surface area contributed by atoms with E-state index in [0.29, 0.717) is 12.8 Å². The number of aliphatic hydroxyl groups excluding tert-OH is 1. The zero-order valence-electron chi connectivity index (χ0n) is 10.0. The highest BCUT2D eigenvalue weighted by molar-refractivity contribution is 5.30. The van der Waals surface area contributed by atoms with E-state index in [4.69, 9.17) is 0 Å². The van der Waals surface area contributed by atoms with Gasteiger partial charge in [0, 0.05) is 5.41 Å². The molecule has 0 amide bonds. The highest BCUT2D eigenvalue weighted by Crippen LogP contribution is 2.34. The predicted octanol–water partition coefficient (Wildman–Crippen LogP) is 3.76. The first-order chi connectivity index (χ1) is 7.89. The maximum absolute atomic E-state index is 12.4. The van der Waals surface area contributed by atoms with Gasteiger partial charge in [0.1, 0.15) is 0 Å². The Hall–Kier alpha value is -1.03. The van der Waals surface area contributed by atoms with Crippen LogP contribution in [0, 0.1) is 0 Å². The average Bonchev–Trinajstić information content (AvgIpc) is 2.32. The third-order valence-corrected chi connectivity index (χ3v) is 3.48. The van der Waals surface area contributed by atoms with Crippen LogP contribution in [0.4, 0.5) is 13.2 Å². The van der Waals surface area contributed by atoms with Crippen LogP contribution in [0.25, 0.3) is 0 Å². The topological polar surface area (TPSA) is 20.2 Å². The Bertz CT molecular complexity index is 342. The van der Waals surface area contributed by atoms with Crippen LogP contribution in [0.15, 0.2) is 24.3 Å². The van der Waals surface area contributed by atoms with Crippen molar-refractivity contribution in [2.24, 2.45) is 0 Å². The zero-order chi connectivity index (χ0) is 13.1. The average molecular weight is 246 g/mol. The lowest BCUT2D eigenvalue weighted by atomic mass is 9.76. The van der Waals surface area contributed by atoms with Gasteiger partial charge in [-0.1, -0.05) is 26.0 Å². The van der Waals surface area contributed by atoms with Crippen molar-refractivity contribution in [1.29, 1.82) is 0 Å². The summed E-state index contributed by atoms with van der Waals surface area (Å²) in [5.74, 6) is 0. The molecule has 0 atom stereocenters. The second kappa shape index (κ2) is 5.08. The summed E-state index contributed by atoms with van der Waals surface area (Å²) in [7, 11) is 0. The number of benzene rings is 1. The quantitative estimate of drug-likeness (QED) is 0.857. The second-order valence-corrected chi connectivity index (χ2v) is 4.22. The van der Waals surface area contributed by atoms with E-state index >= 15 is 0 Å². The van der Waals surface area contributed by atoms with Crippen LogP contribution >= 0.6 is 0 Å². The maximum atomic E-state index is 12.4. The standard InChI is InChI=1S/C13H17F3O/c1-3-12(4-2,9-17)10-5-7-11(8-6-10)13(14,15)16/h5-8,17H,3-4,9H2,1-2H3. The van der Waals surface area contributed by atoms with E-state index in [1.165, 1.54) is 12.1 Å². The van der Waals surface area contributed by atoms with E-state index < -0.39 is 17.2 Å². The number of halogens is 3. The number of hydrogen-bond acceptors (Lipinski definition) is 1. The van der Waals surface area contributed by atoms with E-state index in [1.807, 2.05) is 13.8 Å². The monoisotopic (exact) mass is 246 g/mol. The summed E-state index contributed by atoms with van der Waals surface area (Å²) in [6.07, 6.45) is -2.91. The molecule has 17 heavy (non-hydrogen) atoms. The lowest BCUT2D eigenvalue weighted by molar-refractivity contribution is -0.137. The van der Waals surface area contributed by atoms with Crippen LogP contribution < -0.4 is 0 Å². The summed E-state index contributed by atoms with van der Waals surface area (Å²) in [6, 6.07) is 5.08. The largest absolute Gasteiger partial charge is 0.416 e. The molecule has 0 bridgehead atoms. The van der Waals surface area contributed by atoms with Crippen LogP contribution in [0.1, 0.15) is 37.8 Å². The minimum Gasteiger partial charge on any atom is -0.395 e. The minimum atomic E-state index is -4.31. The van der Waals surface area contributed by atoms with Crippen molar-refractivity contribution in [2.45, 2.75) is 38.3 Å². The molecule has 1 N–H and O–H groups in total. The Morgan fingerprint density at radius 1 is 0.941 bits per heavy atom. The molecule has 0 fully saturated rings. The van der Waals surface area contributed by atoms with Crippen molar-refractivity contribution >= 4 is 0 Å². The molecule has 4 heteroatoms. The van der Waals surface area contributed by atoms with Crippen LogP contribution in [0.3, 0.4) is 0 Å². The first-order valence-corrected chi connectivity index (χ1v) is 5.68.